The number of aliphatic hydroxyl groups excluding tert-OH is 1. The van der Waals surface area contributed by atoms with Crippen LogP contribution in [0.3, 0.4) is 0 Å². The average molecular weight is 328 g/mol. The summed E-state index contributed by atoms with van der Waals surface area (Å²) in [6.07, 6.45) is 4.02. The first kappa shape index (κ1) is 18.5. The van der Waals surface area contributed by atoms with Crippen LogP contribution in [0.1, 0.15) is 59.8 Å². The van der Waals surface area contributed by atoms with E-state index in [0.717, 1.165) is 32.1 Å². The lowest BCUT2D eigenvalue weighted by molar-refractivity contribution is -0.0490. The van der Waals surface area contributed by atoms with Crippen LogP contribution in [-0.2, 0) is 9.47 Å². The van der Waals surface area contributed by atoms with Crippen molar-refractivity contribution in [1.29, 1.82) is 0 Å². The third kappa shape index (κ3) is 5.62. The Morgan fingerprint density at radius 3 is 2.43 bits per heavy atom. The maximum atomic E-state index is 12.0. The largest absolute Gasteiger partial charge is 0.444 e. The first-order valence-corrected chi connectivity index (χ1v) is 8.83. The van der Waals surface area contributed by atoms with Crippen LogP contribution in [0, 0.1) is 0 Å². The first-order chi connectivity index (χ1) is 10.8. The molecule has 6 heteroatoms. The van der Waals surface area contributed by atoms with Crippen molar-refractivity contribution in [2.45, 2.75) is 95.7 Å². The number of ether oxygens (including phenoxy) is 2. The van der Waals surface area contributed by atoms with Crippen LogP contribution in [0.2, 0.25) is 0 Å². The van der Waals surface area contributed by atoms with Crippen molar-refractivity contribution < 1.29 is 19.4 Å². The lowest BCUT2D eigenvalue weighted by Crippen LogP contribution is -2.68. The quantitative estimate of drug-likeness (QED) is 0.719. The van der Waals surface area contributed by atoms with Gasteiger partial charge in [-0.2, -0.15) is 0 Å². The zero-order chi connectivity index (χ0) is 17.0. The summed E-state index contributed by atoms with van der Waals surface area (Å²) in [6.45, 7) is 8.24. The second kappa shape index (κ2) is 7.81. The van der Waals surface area contributed by atoms with Gasteiger partial charge in [0.1, 0.15) is 5.60 Å². The molecule has 2 saturated carbocycles. The summed E-state index contributed by atoms with van der Waals surface area (Å²) in [6, 6.07) is 0.533. The van der Waals surface area contributed by atoms with E-state index in [0.29, 0.717) is 12.6 Å². The normalized spacial score (nSPS) is 34.6. The third-order valence-electron chi connectivity index (χ3n) is 4.53. The molecule has 0 aromatic carbocycles. The third-order valence-corrected chi connectivity index (χ3v) is 4.53. The van der Waals surface area contributed by atoms with E-state index < -0.39 is 5.60 Å². The second-order valence-electron chi connectivity index (χ2n) is 7.68. The molecule has 0 bridgehead atoms. The van der Waals surface area contributed by atoms with Gasteiger partial charge in [0.25, 0.3) is 0 Å². The number of alkyl carbamates (subject to hydrolysis) is 1. The fraction of sp³-hybridized carbons (Fsp3) is 0.941. The predicted octanol–water partition coefficient (Wildman–Crippen LogP) is 1.95. The molecule has 2 aliphatic carbocycles. The van der Waals surface area contributed by atoms with Gasteiger partial charge in [-0.25, -0.2) is 4.79 Å². The Kier molecular flexibility index (Phi) is 6.28. The molecule has 0 radical (unpaired) electrons. The van der Waals surface area contributed by atoms with Crippen LogP contribution in [0.4, 0.5) is 4.79 Å². The highest BCUT2D eigenvalue weighted by molar-refractivity contribution is 5.68. The van der Waals surface area contributed by atoms with Crippen LogP contribution in [0.5, 0.6) is 0 Å². The molecule has 23 heavy (non-hydrogen) atoms. The van der Waals surface area contributed by atoms with Gasteiger partial charge in [0.15, 0.2) is 0 Å². The van der Waals surface area contributed by atoms with E-state index in [2.05, 4.69) is 10.6 Å². The first-order valence-electron chi connectivity index (χ1n) is 8.83. The molecular formula is C17H32N2O4. The number of carbonyl (C=O) groups is 1. The molecule has 134 valence electrons. The lowest BCUT2D eigenvalue weighted by atomic mass is 9.81. The summed E-state index contributed by atoms with van der Waals surface area (Å²) in [5.74, 6) is 0. The molecule has 0 aromatic rings. The minimum Gasteiger partial charge on any atom is -0.444 e. The number of amides is 1. The number of nitrogens with one attached hydrogen (secondary N) is 2. The van der Waals surface area contributed by atoms with Crippen LogP contribution in [0.25, 0.3) is 0 Å². The minimum absolute atomic E-state index is 0.0354. The highest BCUT2D eigenvalue weighted by Crippen LogP contribution is 2.28. The summed E-state index contributed by atoms with van der Waals surface area (Å²) in [7, 11) is 0. The lowest BCUT2D eigenvalue weighted by Gasteiger charge is -2.47. The number of aliphatic hydroxyl groups is 1. The molecule has 2 fully saturated rings. The van der Waals surface area contributed by atoms with Gasteiger partial charge in [-0.05, 0) is 59.8 Å². The molecule has 3 unspecified atom stereocenters. The highest BCUT2D eigenvalue weighted by atomic mass is 16.6. The Bertz CT molecular complexity index is 389. The van der Waals surface area contributed by atoms with Gasteiger partial charge in [-0.3, -0.25) is 0 Å². The van der Waals surface area contributed by atoms with Gasteiger partial charge in [0, 0.05) is 12.6 Å². The average Bonchev–Trinajstić information content (AvgIpc) is 2.43. The molecule has 2 aliphatic rings. The predicted molar refractivity (Wildman–Crippen MR) is 88.4 cm³/mol. The Morgan fingerprint density at radius 1 is 1.22 bits per heavy atom. The SMILES string of the molecule is CCOC1CC(NC(=O)OC(C)(C)C)C1NC1CCC(O)CC1. The molecule has 0 spiro atoms. The standard InChI is InChI=1S/C17H32N2O4/c1-5-22-14-10-13(19-16(21)23-17(2,3)4)15(14)18-11-6-8-12(20)9-7-11/h11-15,18,20H,5-10H2,1-4H3,(H,19,21). The maximum Gasteiger partial charge on any atom is 0.407 e. The van der Waals surface area contributed by atoms with E-state index in [9.17, 15) is 9.90 Å². The zero-order valence-corrected chi connectivity index (χ0v) is 14.8. The zero-order valence-electron chi connectivity index (χ0n) is 14.8. The van der Waals surface area contributed by atoms with Crippen molar-refractivity contribution >= 4 is 6.09 Å². The van der Waals surface area contributed by atoms with Crippen molar-refractivity contribution in [3.8, 4) is 0 Å². The fourth-order valence-electron chi connectivity index (χ4n) is 3.34. The summed E-state index contributed by atoms with van der Waals surface area (Å²) in [5, 5.41) is 16.2. The molecule has 1 amide bonds. The smallest absolute Gasteiger partial charge is 0.407 e. The molecule has 0 saturated heterocycles. The van der Waals surface area contributed by atoms with E-state index in [1.807, 2.05) is 27.7 Å². The summed E-state index contributed by atoms with van der Waals surface area (Å²) in [5.41, 5.74) is -0.490. The van der Waals surface area contributed by atoms with Crippen LogP contribution in [0.15, 0.2) is 0 Å². The second-order valence-corrected chi connectivity index (χ2v) is 7.68. The van der Waals surface area contributed by atoms with Gasteiger partial charge >= 0.3 is 6.09 Å². The van der Waals surface area contributed by atoms with E-state index in [-0.39, 0.29) is 30.4 Å². The molecule has 0 heterocycles. The Hall–Kier alpha value is -0.850. The van der Waals surface area contributed by atoms with Gasteiger partial charge in [0.05, 0.1) is 24.3 Å². The number of hydrogen-bond donors (Lipinski definition) is 3. The monoisotopic (exact) mass is 328 g/mol. The van der Waals surface area contributed by atoms with E-state index in [4.69, 9.17) is 9.47 Å². The van der Waals surface area contributed by atoms with E-state index in [1.54, 1.807) is 0 Å². The Balaban J connectivity index is 1.85. The van der Waals surface area contributed by atoms with Gasteiger partial charge in [0.2, 0.25) is 0 Å². The van der Waals surface area contributed by atoms with Crippen molar-refractivity contribution in [3.05, 3.63) is 0 Å². The number of rotatable bonds is 5. The molecule has 3 atom stereocenters. The van der Waals surface area contributed by atoms with E-state index >= 15 is 0 Å². The summed E-state index contributed by atoms with van der Waals surface area (Å²) < 4.78 is 11.1. The number of carbonyl (C=O) groups excluding carboxylic acids is 1. The topological polar surface area (TPSA) is 79.8 Å². The van der Waals surface area contributed by atoms with Gasteiger partial charge in [-0.15, -0.1) is 0 Å². The molecular weight excluding hydrogens is 296 g/mol. The molecule has 0 aromatic heterocycles. The molecule has 0 aliphatic heterocycles. The van der Waals surface area contributed by atoms with Crippen LogP contribution >= 0.6 is 0 Å². The van der Waals surface area contributed by atoms with Crippen LogP contribution in [-0.4, -0.2) is 53.7 Å². The fourth-order valence-corrected chi connectivity index (χ4v) is 3.34. The van der Waals surface area contributed by atoms with Gasteiger partial charge < -0.3 is 25.2 Å². The summed E-state index contributed by atoms with van der Waals surface area (Å²) in [4.78, 5) is 12.0. The Labute approximate surface area is 139 Å². The number of hydrogen-bond acceptors (Lipinski definition) is 5. The van der Waals surface area contributed by atoms with Crippen LogP contribution < -0.4 is 10.6 Å². The summed E-state index contributed by atoms with van der Waals surface area (Å²) >= 11 is 0. The highest BCUT2D eigenvalue weighted by Gasteiger charge is 2.44. The maximum absolute atomic E-state index is 12.0. The minimum atomic E-state index is -0.490. The van der Waals surface area contributed by atoms with Crippen molar-refractivity contribution in [2.75, 3.05) is 6.61 Å². The molecule has 2 rings (SSSR count). The van der Waals surface area contributed by atoms with E-state index in [1.165, 1.54) is 0 Å². The van der Waals surface area contributed by atoms with Gasteiger partial charge in [-0.1, -0.05) is 0 Å². The molecule has 3 N–H and O–H groups in total. The Morgan fingerprint density at radius 2 is 1.87 bits per heavy atom. The van der Waals surface area contributed by atoms with Crippen molar-refractivity contribution in [2.24, 2.45) is 0 Å². The van der Waals surface area contributed by atoms with Crippen molar-refractivity contribution in [1.82, 2.24) is 10.6 Å². The van der Waals surface area contributed by atoms with Crippen molar-refractivity contribution in [3.63, 3.8) is 0 Å². The molecule has 6 nitrogen and oxygen atoms in total.